The number of aromatic nitrogens is 2. The molecule has 34 heavy (non-hydrogen) atoms. The van der Waals surface area contributed by atoms with E-state index in [1.54, 1.807) is 0 Å². The Morgan fingerprint density at radius 3 is 2.65 bits per heavy atom. The molecule has 1 saturated carbocycles. The highest BCUT2D eigenvalue weighted by Crippen LogP contribution is 2.39. The number of nitrogens with zero attached hydrogens (tertiary/aromatic N) is 2. The SMILES string of the molecule is NC1CCC(c2ccc(Cl)cc2)C(CCOc2cc(F)c(S(=O)(=O)Nc3ncns3)cc2F)C1. The Hall–Kier alpha value is -2.34. The highest BCUT2D eigenvalue weighted by Gasteiger charge is 2.30. The molecular weight excluding hydrogens is 506 g/mol. The molecule has 1 heterocycles. The van der Waals surface area contributed by atoms with Gasteiger partial charge >= 0.3 is 0 Å². The monoisotopic (exact) mass is 528 g/mol. The average Bonchev–Trinajstić information content (AvgIpc) is 3.29. The van der Waals surface area contributed by atoms with Crippen LogP contribution in [0, 0.1) is 17.6 Å². The van der Waals surface area contributed by atoms with E-state index in [1.165, 1.54) is 0 Å². The van der Waals surface area contributed by atoms with Crippen LogP contribution in [0.5, 0.6) is 5.75 Å². The van der Waals surface area contributed by atoms with Crippen LogP contribution in [-0.4, -0.2) is 30.4 Å². The van der Waals surface area contributed by atoms with Gasteiger partial charge in [-0.15, -0.1) is 0 Å². The van der Waals surface area contributed by atoms with Crippen molar-refractivity contribution in [3.05, 3.63) is 64.9 Å². The number of nitrogens with one attached hydrogen (secondary N) is 1. The van der Waals surface area contributed by atoms with Crippen LogP contribution in [-0.2, 0) is 10.0 Å². The maximum absolute atomic E-state index is 14.6. The van der Waals surface area contributed by atoms with Crippen molar-refractivity contribution in [2.75, 3.05) is 11.3 Å². The maximum Gasteiger partial charge on any atom is 0.266 e. The second kappa shape index (κ2) is 10.5. The molecule has 4 rings (SSSR count). The van der Waals surface area contributed by atoms with Gasteiger partial charge in [0.25, 0.3) is 10.0 Å². The second-order valence-corrected chi connectivity index (χ2v) is 11.1. The molecule has 3 atom stereocenters. The molecule has 1 fully saturated rings. The van der Waals surface area contributed by atoms with E-state index >= 15 is 0 Å². The highest BCUT2D eigenvalue weighted by atomic mass is 35.5. The van der Waals surface area contributed by atoms with Crippen molar-refractivity contribution >= 4 is 38.3 Å². The Labute approximate surface area is 205 Å². The molecule has 3 N–H and O–H groups in total. The van der Waals surface area contributed by atoms with E-state index in [2.05, 4.69) is 14.1 Å². The summed E-state index contributed by atoms with van der Waals surface area (Å²) < 4.78 is 65.2. The lowest BCUT2D eigenvalue weighted by Gasteiger charge is -2.35. The minimum absolute atomic E-state index is 0.0546. The Kier molecular flexibility index (Phi) is 7.66. The van der Waals surface area contributed by atoms with Crippen LogP contribution < -0.4 is 15.2 Å². The third-order valence-electron chi connectivity index (χ3n) is 5.93. The fourth-order valence-corrected chi connectivity index (χ4v) is 6.16. The molecule has 1 aliphatic carbocycles. The quantitative estimate of drug-likeness (QED) is 0.428. The van der Waals surface area contributed by atoms with Crippen molar-refractivity contribution in [2.45, 2.75) is 42.5 Å². The van der Waals surface area contributed by atoms with Crippen molar-refractivity contribution in [1.82, 2.24) is 9.36 Å². The Morgan fingerprint density at radius 1 is 1.18 bits per heavy atom. The van der Waals surface area contributed by atoms with E-state index in [9.17, 15) is 17.2 Å². The number of ether oxygens (including phenoxy) is 1. The lowest BCUT2D eigenvalue weighted by molar-refractivity contribution is 0.207. The van der Waals surface area contributed by atoms with Crippen molar-refractivity contribution in [3.63, 3.8) is 0 Å². The lowest BCUT2D eigenvalue weighted by Crippen LogP contribution is -2.33. The van der Waals surface area contributed by atoms with Crippen LogP contribution in [0.3, 0.4) is 0 Å². The zero-order valence-corrected chi connectivity index (χ0v) is 20.3. The summed E-state index contributed by atoms with van der Waals surface area (Å²) in [5, 5.41) is 0.610. The minimum Gasteiger partial charge on any atom is -0.490 e. The molecule has 0 amide bonds. The summed E-state index contributed by atoms with van der Waals surface area (Å²) in [6.07, 6.45) is 4.35. The number of rotatable bonds is 8. The van der Waals surface area contributed by atoms with Crippen molar-refractivity contribution in [3.8, 4) is 5.75 Å². The summed E-state index contributed by atoms with van der Waals surface area (Å²) in [4.78, 5) is 2.84. The number of anilines is 1. The normalized spacial score (nSPS) is 20.8. The predicted octanol–water partition coefficient (Wildman–Crippen LogP) is 4.95. The molecule has 1 aromatic heterocycles. The lowest BCUT2D eigenvalue weighted by atomic mass is 9.72. The number of hydrogen-bond donors (Lipinski definition) is 2. The maximum atomic E-state index is 14.6. The zero-order chi connectivity index (χ0) is 24.3. The van der Waals surface area contributed by atoms with Gasteiger partial charge in [-0.05, 0) is 55.2 Å². The second-order valence-electron chi connectivity index (χ2n) is 8.19. The summed E-state index contributed by atoms with van der Waals surface area (Å²) >= 11 is 6.78. The van der Waals surface area contributed by atoms with Gasteiger partial charge in [0.15, 0.2) is 11.6 Å². The van der Waals surface area contributed by atoms with E-state index in [0.717, 1.165) is 48.8 Å². The molecular formula is C22H23ClF2N4O3S2. The first-order valence-electron chi connectivity index (χ1n) is 10.7. The number of halogens is 3. The Morgan fingerprint density at radius 2 is 1.94 bits per heavy atom. The van der Waals surface area contributed by atoms with Gasteiger partial charge in [-0.2, -0.15) is 4.37 Å². The average molecular weight is 529 g/mol. The van der Waals surface area contributed by atoms with Gasteiger partial charge in [0.2, 0.25) is 5.13 Å². The number of nitrogens with two attached hydrogens (primary N) is 1. The smallest absolute Gasteiger partial charge is 0.266 e. The summed E-state index contributed by atoms with van der Waals surface area (Å²) in [5.74, 6) is -1.99. The summed E-state index contributed by atoms with van der Waals surface area (Å²) in [6, 6.07) is 9.13. The van der Waals surface area contributed by atoms with E-state index in [0.29, 0.717) is 17.5 Å². The topological polar surface area (TPSA) is 107 Å². The molecule has 0 saturated heterocycles. The fraction of sp³-hybridized carbons (Fsp3) is 0.364. The molecule has 0 radical (unpaired) electrons. The first-order chi connectivity index (χ1) is 16.2. The molecule has 0 spiro atoms. The van der Waals surface area contributed by atoms with Crippen LogP contribution in [0.1, 0.15) is 37.2 Å². The summed E-state index contributed by atoms with van der Waals surface area (Å²) in [7, 11) is -4.37. The van der Waals surface area contributed by atoms with Gasteiger partial charge in [-0.25, -0.2) is 22.2 Å². The first kappa shape index (κ1) is 24.8. The van der Waals surface area contributed by atoms with Gasteiger partial charge in [0, 0.05) is 34.7 Å². The van der Waals surface area contributed by atoms with Crippen LogP contribution in [0.2, 0.25) is 5.02 Å². The molecule has 12 heteroatoms. The van der Waals surface area contributed by atoms with Crippen LogP contribution in [0.4, 0.5) is 13.9 Å². The van der Waals surface area contributed by atoms with Gasteiger partial charge in [-0.3, -0.25) is 4.72 Å². The molecule has 1 aliphatic rings. The standard InChI is InChI=1S/C22H23ClF2N4O3S2/c23-15-3-1-13(2-4-15)17-6-5-16(26)9-14(17)7-8-32-20-10-19(25)21(11-18(20)24)34(30,31)29-22-27-12-28-33-22/h1-4,10-12,14,16-17H,5-9,26H2,(H,27,28,29). The van der Waals surface area contributed by atoms with Crippen LogP contribution in [0.25, 0.3) is 0 Å². The highest BCUT2D eigenvalue weighted by molar-refractivity contribution is 7.93. The van der Waals surface area contributed by atoms with E-state index in [4.69, 9.17) is 22.1 Å². The third kappa shape index (κ3) is 5.83. The molecule has 182 valence electrons. The van der Waals surface area contributed by atoms with Crippen molar-refractivity contribution < 1.29 is 21.9 Å². The zero-order valence-electron chi connectivity index (χ0n) is 18.0. The number of benzene rings is 2. The molecule has 2 aromatic carbocycles. The number of hydrogen-bond acceptors (Lipinski definition) is 7. The van der Waals surface area contributed by atoms with E-state index in [1.807, 2.05) is 24.3 Å². The van der Waals surface area contributed by atoms with Crippen LogP contribution >= 0.6 is 23.1 Å². The minimum atomic E-state index is -4.37. The number of sulfonamides is 1. The van der Waals surface area contributed by atoms with Gasteiger partial charge in [-0.1, -0.05) is 23.7 Å². The molecule has 7 nitrogen and oxygen atoms in total. The van der Waals surface area contributed by atoms with Gasteiger partial charge < -0.3 is 10.5 Å². The van der Waals surface area contributed by atoms with Gasteiger partial charge in [0.1, 0.15) is 17.0 Å². The van der Waals surface area contributed by atoms with E-state index in [-0.39, 0.29) is 35.4 Å². The Balaban J connectivity index is 1.43. The van der Waals surface area contributed by atoms with Crippen LogP contribution in [0.15, 0.2) is 47.6 Å². The van der Waals surface area contributed by atoms with E-state index < -0.39 is 26.6 Å². The molecule has 0 aliphatic heterocycles. The predicted molar refractivity (Wildman–Crippen MR) is 127 cm³/mol. The molecule has 3 unspecified atom stereocenters. The van der Waals surface area contributed by atoms with Crippen molar-refractivity contribution in [1.29, 1.82) is 0 Å². The largest absolute Gasteiger partial charge is 0.490 e. The molecule has 0 bridgehead atoms. The third-order valence-corrected chi connectivity index (χ3v) is 8.24. The molecule has 3 aromatic rings. The fourth-order valence-electron chi connectivity index (χ4n) is 4.30. The van der Waals surface area contributed by atoms with Gasteiger partial charge in [0.05, 0.1) is 6.61 Å². The Bertz CT molecular complexity index is 1230. The first-order valence-corrected chi connectivity index (χ1v) is 13.3. The summed E-state index contributed by atoms with van der Waals surface area (Å²) in [5.41, 5.74) is 7.34. The summed E-state index contributed by atoms with van der Waals surface area (Å²) in [6.45, 7) is 0.132. The van der Waals surface area contributed by atoms with Crippen molar-refractivity contribution in [2.24, 2.45) is 11.7 Å².